The standard InChI is InChI=1S/C24H29ClFN7O4S/c1-13(2)33-12-18(17-9-15(25)10-20(21(17)26)32-38(35,36)16-5-6-16)22(31-33)19-7-8-27-23(30-19)28-11-14(3)29-24(34)37-4/h7-10,12-14,16,32H,5-6,11H2,1-4H3,(H,29,34)(H,27,28,30)/t14-/m0/s1. The molecule has 2 heterocycles. The van der Waals surface area contributed by atoms with Gasteiger partial charge in [0.1, 0.15) is 5.69 Å². The third kappa shape index (κ3) is 6.33. The first-order valence-corrected chi connectivity index (χ1v) is 13.9. The molecule has 1 aliphatic carbocycles. The van der Waals surface area contributed by atoms with Gasteiger partial charge in [0.25, 0.3) is 0 Å². The van der Waals surface area contributed by atoms with Crippen molar-refractivity contribution in [2.75, 3.05) is 23.7 Å². The second-order valence-corrected chi connectivity index (χ2v) is 11.7. The van der Waals surface area contributed by atoms with E-state index in [1.165, 1.54) is 25.4 Å². The number of anilines is 2. The van der Waals surface area contributed by atoms with Crippen LogP contribution in [0.1, 0.15) is 39.7 Å². The Bertz CT molecular complexity index is 1440. The average Bonchev–Trinajstić information content (AvgIpc) is 3.64. The fraction of sp³-hybridized carbons (Fsp3) is 0.417. The van der Waals surface area contributed by atoms with Gasteiger partial charge in [-0.2, -0.15) is 5.10 Å². The Morgan fingerprint density at radius 3 is 2.66 bits per heavy atom. The maximum absolute atomic E-state index is 15.8. The number of hydrogen-bond donors (Lipinski definition) is 3. The molecule has 3 aromatic rings. The van der Waals surface area contributed by atoms with Gasteiger partial charge in [-0.3, -0.25) is 9.40 Å². The molecule has 14 heteroatoms. The van der Waals surface area contributed by atoms with Crippen LogP contribution < -0.4 is 15.4 Å². The molecule has 1 aliphatic rings. The lowest BCUT2D eigenvalue weighted by Crippen LogP contribution is -2.37. The molecule has 0 aliphatic heterocycles. The first-order valence-electron chi connectivity index (χ1n) is 12.0. The van der Waals surface area contributed by atoms with Crippen molar-refractivity contribution in [2.24, 2.45) is 0 Å². The van der Waals surface area contributed by atoms with Gasteiger partial charge in [-0.1, -0.05) is 11.6 Å². The van der Waals surface area contributed by atoms with Crippen LogP contribution in [-0.2, 0) is 14.8 Å². The number of hydrogen-bond acceptors (Lipinski definition) is 8. The highest BCUT2D eigenvalue weighted by molar-refractivity contribution is 7.93. The zero-order chi connectivity index (χ0) is 27.6. The summed E-state index contributed by atoms with van der Waals surface area (Å²) >= 11 is 6.30. The minimum atomic E-state index is -3.71. The number of alkyl carbamates (subject to hydrolysis) is 1. The number of rotatable bonds is 10. The topological polar surface area (TPSA) is 140 Å². The van der Waals surface area contributed by atoms with E-state index < -0.39 is 27.2 Å². The summed E-state index contributed by atoms with van der Waals surface area (Å²) in [4.78, 5) is 20.2. The summed E-state index contributed by atoms with van der Waals surface area (Å²) in [7, 11) is -2.43. The van der Waals surface area contributed by atoms with E-state index in [1.807, 2.05) is 13.8 Å². The molecule has 204 valence electrons. The van der Waals surface area contributed by atoms with Crippen molar-refractivity contribution in [3.8, 4) is 22.5 Å². The molecular formula is C24H29ClFN7O4S. The number of aromatic nitrogens is 4. The van der Waals surface area contributed by atoms with Crippen molar-refractivity contribution >= 4 is 39.4 Å². The molecule has 3 N–H and O–H groups in total. The molecule has 0 radical (unpaired) electrons. The molecule has 0 unspecified atom stereocenters. The third-order valence-electron chi connectivity index (χ3n) is 5.82. The van der Waals surface area contributed by atoms with E-state index in [0.717, 1.165) is 0 Å². The summed E-state index contributed by atoms with van der Waals surface area (Å²) in [6.45, 7) is 5.95. The predicted molar refractivity (Wildman–Crippen MR) is 143 cm³/mol. The zero-order valence-electron chi connectivity index (χ0n) is 21.3. The van der Waals surface area contributed by atoms with Crippen LogP contribution in [0.4, 0.5) is 20.8 Å². The van der Waals surface area contributed by atoms with Crippen molar-refractivity contribution in [3.05, 3.63) is 41.4 Å². The number of amides is 1. The Kier molecular flexibility index (Phi) is 8.07. The molecule has 1 aromatic carbocycles. The van der Waals surface area contributed by atoms with Crippen molar-refractivity contribution in [1.82, 2.24) is 25.1 Å². The lowest BCUT2D eigenvalue weighted by atomic mass is 10.0. The normalized spacial score (nSPS) is 14.3. The molecule has 2 aromatic heterocycles. The number of carbonyl (C=O) groups is 1. The molecule has 0 saturated heterocycles. The van der Waals surface area contributed by atoms with Crippen LogP contribution in [0.3, 0.4) is 0 Å². The lowest BCUT2D eigenvalue weighted by Gasteiger charge is -2.14. The van der Waals surface area contributed by atoms with Gasteiger partial charge in [0, 0.05) is 47.2 Å². The van der Waals surface area contributed by atoms with Crippen LogP contribution in [0.15, 0.2) is 30.6 Å². The Hall–Kier alpha value is -3.45. The summed E-state index contributed by atoms with van der Waals surface area (Å²) in [5, 5.41) is 9.95. The second-order valence-electron chi connectivity index (χ2n) is 9.31. The zero-order valence-corrected chi connectivity index (χ0v) is 22.9. The van der Waals surface area contributed by atoms with Crippen molar-refractivity contribution in [1.29, 1.82) is 0 Å². The number of methoxy groups -OCH3 is 1. The number of carbonyl (C=O) groups excluding carboxylic acids is 1. The van der Waals surface area contributed by atoms with Crippen LogP contribution in [-0.4, -0.2) is 59.2 Å². The molecule has 0 bridgehead atoms. The fourth-order valence-corrected chi connectivity index (χ4v) is 5.24. The van der Waals surface area contributed by atoms with E-state index in [2.05, 4.69) is 35.2 Å². The van der Waals surface area contributed by atoms with Crippen molar-refractivity contribution in [2.45, 2.75) is 50.9 Å². The monoisotopic (exact) mass is 565 g/mol. The van der Waals surface area contributed by atoms with Gasteiger partial charge in [0.15, 0.2) is 5.82 Å². The molecule has 0 spiro atoms. The van der Waals surface area contributed by atoms with Gasteiger partial charge in [0.2, 0.25) is 16.0 Å². The highest BCUT2D eigenvalue weighted by Crippen LogP contribution is 2.38. The van der Waals surface area contributed by atoms with Gasteiger partial charge >= 0.3 is 6.09 Å². The van der Waals surface area contributed by atoms with E-state index in [9.17, 15) is 13.2 Å². The van der Waals surface area contributed by atoms with Gasteiger partial charge in [-0.15, -0.1) is 0 Å². The second kappa shape index (κ2) is 11.1. The maximum atomic E-state index is 15.8. The smallest absolute Gasteiger partial charge is 0.407 e. The Morgan fingerprint density at radius 2 is 2.00 bits per heavy atom. The van der Waals surface area contributed by atoms with Gasteiger partial charge in [-0.25, -0.2) is 27.6 Å². The molecule has 11 nitrogen and oxygen atoms in total. The number of benzene rings is 1. The van der Waals surface area contributed by atoms with E-state index in [-0.39, 0.29) is 34.3 Å². The molecule has 1 fully saturated rings. The third-order valence-corrected chi connectivity index (χ3v) is 7.89. The SMILES string of the molecule is COC(=O)N[C@@H](C)CNc1nccc(-c2nn(C(C)C)cc2-c2cc(Cl)cc(NS(=O)(=O)C3CC3)c2F)n1. The number of ether oxygens (including phenoxy) is 1. The summed E-state index contributed by atoms with van der Waals surface area (Å²) in [5.74, 6) is -0.492. The minimum absolute atomic E-state index is 0.0535. The summed E-state index contributed by atoms with van der Waals surface area (Å²) in [6.07, 6.45) is 3.73. The number of halogens is 2. The lowest BCUT2D eigenvalue weighted by molar-refractivity contribution is 0.168. The summed E-state index contributed by atoms with van der Waals surface area (Å²) in [5.41, 5.74) is 1.01. The maximum Gasteiger partial charge on any atom is 0.407 e. The first kappa shape index (κ1) is 27.6. The average molecular weight is 566 g/mol. The van der Waals surface area contributed by atoms with E-state index in [4.69, 9.17) is 11.6 Å². The van der Waals surface area contributed by atoms with Gasteiger partial charge in [0.05, 0.1) is 23.7 Å². The van der Waals surface area contributed by atoms with Crippen molar-refractivity contribution < 1.29 is 22.3 Å². The molecule has 4 rings (SSSR count). The highest BCUT2D eigenvalue weighted by atomic mass is 35.5. The van der Waals surface area contributed by atoms with E-state index in [0.29, 0.717) is 36.3 Å². The Labute approximate surface area is 225 Å². The minimum Gasteiger partial charge on any atom is -0.453 e. The fourth-order valence-electron chi connectivity index (χ4n) is 3.65. The number of sulfonamides is 1. The summed E-state index contributed by atoms with van der Waals surface area (Å²) < 4.78 is 49.4. The van der Waals surface area contributed by atoms with Crippen LogP contribution in [0.2, 0.25) is 5.02 Å². The molecule has 38 heavy (non-hydrogen) atoms. The number of nitrogens with zero attached hydrogens (tertiary/aromatic N) is 4. The predicted octanol–water partition coefficient (Wildman–Crippen LogP) is 4.44. The largest absolute Gasteiger partial charge is 0.453 e. The molecular weight excluding hydrogens is 537 g/mol. The summed E-state index contributed by atoms with van der Waals surface area (Å²) in [6, 6.07) is 3.99. The highest BCUT2D eigenvalue weighted by Gasteiger charge is 2.36. The number of nitrogens with one attached hydrogen (secondary N) is 3. The molecule has 1 saturated carbocycles. The van der Waals surface area contributed by atoms with Gasteiger partial charge < -0.3 is 15.4 Å². The Balaban J connectivity index is 1.70. The van der Waals surface area contributed by atoms with Crippen LogP contribution >= 0.6 is 11.6 Å². The Morgan fingerprint density at radius 1 is 1.26 bits per heavy atom. The van der Waals surface area contributed by atoms with Crippen molar-refractivity contribution in [3.63, 3.8) is 0 Å². The molecule has 1 atom stereocenters. The quantitative estimate of drug-likeness (QED) is 0.328. The molecule has 1 amide bonds. The van der Waals surface area contributed by atoms with E-state index in [1.54, 1.807) is 23.9 Å². The van der Waals surface area contributed by atoms with Crippen LogP contribution in [0.25, 0.3) is 22.5 Å². The van der Waals surface area contributed by atoms with Crippen LogP contribution in [0, 0.1) is 5.82 Å². The first-order chi connectivity index (χ1) is 18.0. The van der Waals surface area contributed by atoms with E-state index >= 15 is 4.39 Å². The van der Waals surface area contributed by atoms with Gasteiger partial charge in [-0.05, 0) is 51.8 Å². The van der Waals surface area contributed by atoms with Crippen LogP contribution in [0.5, 0.6) is 0 Å².